The maximum absolute atomic E-state index is 12.8. The molecule has 1 aliphatic carbocycles. The number of rotatable bonds is 6. The molecule has 5 nitrogen and oxygen atoms in total. The fourth-order valence-corrected chi connectivity index (χ4v) is 2.42. The van der Waals surface area contributed by atoms with Crippen LogP contribution in [0.5, 0.6) is 5.75 Å². The molecule has 1 fully saturated rings. The van der Waals surface area contributed by atoms with Crippen molar-refractivity contribution in [2.75, 3.05) is 7.11 Å². The van der Waals surface area contributed by atoms with E-state index in [0.29, 0.717) is 6.54 Å². The summed E-state index contributed by atoms with van der Waals surface area (Å²) in [6.45, 7) is 7.85. The Hall–Kier alpha value is -2.04. The average molecular weight is 332 g/mol. The third-order valence-corrected chi connectivity index (χ3v) is 4.18. The lowest BCUT2D eigenvalue weighted by atomic mass is 9.95. The molecule has 1 aromatic carbocycles. The van der Waals surface area contributed by atoms with E-state index in [9.17, 15) is 9.59 Å². The summed E-state index contributed by atoms with van der Waals surface area (Å²) in [6.07, 6.45) is 2.06. The van der Waals surface area contributed by atoms with Gasteiger partial charge < -0.3 is 15.0 Å². The summed E-state index contributed by atoms with van der Waals surface area (Å²) in [5.41, 5.74) is 0.556. The summed E-state index contributed by atoms with van der Waals surface area (Å²) in [7, 11) is 1.63. The van der Waals surface area contributed by atoms with Crippen molar-refractivity contribution in [3.8, 4) is 5.75 Å². The Morgan fingerprint density at radius 3 is 2.29 bits per heavy atom. The van der Waals surface area contributed by atoms with E-state index >= 15 is 0 Å². The first kappa shape index (κ1) is 18.3. The normalized spacial score (nSPS) is 15.5. The Bertz CT molecular complexity index is 586. The average Bonchev–Trinajstić information content (AvgIpc) is 3.36. The highest BCUT2D eigenvalue weighted by Gasteiger charge is 2.35. The SMILES string of the molecule is COc1ccc(CN(C(=O)C(C)NC(=O)C(C)(C)C)C2CC2)cc1. The zero-order chi connectivity index (χ0) is 17.9. The first-order valence-electron chi connectivity index (χ1n) is 8.46. The van der Waals surface area contributed by atoms with Gasteiger partial charge in [0.15, 0.2) is 0 Å². The zero-order valence-corrected chi connectivity index (χ0v) is 15.3. The highest BCUT2D eigenvalue weighted by atomic mass is 16.5. The number of hydrogen-bond acceptors (Lipinski definition) is 3. The van der Waals surface area contributed by atoms with Gasteiger partial charge in [0.1, 0.15) is 11.8 Å². The van der Waals surface area contributed by atoms with Crippen molar-refractivity contribution in [1.82, 2.24) is 10.2 Å². The molecule has 2 rings (SSSR count). The summed E-state index contributed by atoms with van der Waals surface area (Å²) in [5, 5.41) is 2.84. The topological polar surface area (TPSA) is 58.6 Å². The van der Waals surface area contributed by atoms with Gasteiger partial charge in [0.25, 0.3) is 0 Å². The molecule has 0 radical (unpaired) electrons. The third kappa shape index (κ3) is 4.73. The van der Waals surface area contributed by atoms with Gasteiger partial charge in [0.05, 0.1) is 7.11 Å². The number of carbonyl (C=O) groups excluding carboxylic acids is 2. The third-order valence-electron chi connectivity index (χ3n) is 4.18. The number of hydrogen-bond donors (Lipinski definition) is 1. The first-order chi connectivity index (χ1) is 11.2. The molecule has 1 atom stereocenters. The van der Waals surface area contributed by atoms with Gasteiger partial charge >= 0.3 is 0 Å². The van der Waals surface area contributed by atoms with Gasteiger partial charge in [-0.3, -0.25) is 9.59 Å². The van der Waals surface area contributed by atoms with Crippen LogP contribution in [0.1, 0.15) is 46.1 Å². The van der Waals surface area contributed by atoms with Gasteiger partial charge in [-0.15, -0.1) is 0 Å². The molecule has 0 bridgehead atoms. The second kappa shape index (κ2) is 7.24. The van der Waals surface area contributed by atoms with Crippen LogP contribution in [0, 0.1) is 5.41 Å². The van der Waals surface area contributed by atoms with Gasteiger partial charge in [-0.25, -0.2) is 0 Å². The summed E-state index contributed by atoms with van der Waals surface area (Å²) < 4.78 is 5.17. The largest absolute Gasteiger partial charge is 0.497 e. The summed E-state index contributed by atoms with van der Waals surface area (Å²) in [5.74, 6) is 0.670. The van der Waals surface area contributed by atoms with Crippen LogP contribution in [0.3, 0.4) is 0 Å². The highest BCUT2D eigenvalue weighted by molar-refractivity contribution is 5.89. The summed E-state index contributed by atoms with van der Waals surface area (Å²) in [6, 6.07) is 7.51. The number of carbonyl (C=O) groups is 2. The van der Waals surface area contributed by atoms with Crippen LogP contribution >= 0.6 is 0 Å². The molecular weight excluding hydrogens is 304 g/mol. The molecule has 1 aliphatic rings. The standard InChI is InChI=1S/C19H28N2O3/c1-13(20-18(23)19(2,3)4)17(22)21(15-8-9-15)12-14-6-10-16(24-5)11-7-14/h6-7,10-11,13,15H,8-9,12H2,1-5H3,(H,20,23). The molecule has 5 heteroatoms. The van der Waals surface area contributed by atoms with E-state index in [-0.39, 0.29) is 17.9 Å². The van der Waals surface area contributed by atoms with E-state index in [1.165, 1.54) is 0 Å². The van der Waals surface area contributed by atoms with Crippen LogP contribution in [0.25, 0.3) is 0 Å². The molecule has 0 aromatic heterocycles. The number of amides is 2. The summed E-state index contributed by atoms with van der Waals surface area (Å²) in [4.78, 5) is 26.8. The fraction of sp³-hybridized carbons (Fsp3) is 0.579. The Morgan fingerprint density at radius 2 is 1.83 bits per heavy atom. The Morgan fingerprint density at radius 1 is 1.25 bits per heavy atom. The maximum atomic E-state index is 12.8. The molecule has 2 amide bonds. The van der Waals surface area contributed by atoms with Gasteiger partial charge in [0, 0.05) is 18.0 Å². The minimum Gasteiger partial charge on any atom is -0.497 e. The lowest BCUT2D eigenvalue weighted by Gasteiger charge is -2.28. The Labute approximate surface area is 144 Å². The van der Waals surface area contributed by atoms with Crippen LogP contribution in [0.2, 0.25) is 0 Å². The zero-order valence-electron chi connectivity index (χ0n) is 15.3. The van der Waals surface area contributed by atoms with Crippen molar-refractivity contribution >= 4 is 11.8 Å². The van der Waals surface area contributed by atoms with Gasteiger partial charge in [-0.2, -0.15) is 0 Å². The smallest absolute Gasteiger partial charge is 0.245 e. The number of ether oxygens (including phenoxy) is 1. The summed E-state index contributed by atoms with van der Waals surface area (Å²) >= 11 is 0. The molecule has 0 spiro atoms. The molecule has 132 valence electrons. The van der Waals surface area contributed by atoms with Crippen molar-refractivity contribution in [3.05, 3.63) is 29.8 Å². The van der Waals surface area contributed by atoms with E-state index < -0.39 is 11.5 Å². The van der Waals surface area contributed by atoms with Crippen molar-refractivity contribution < 1.29 is 14.3 Å². The van der Waals surface area contributed by atoms with Gasteiger partial charge in [-0.1, -0.05) is 32.9 Å². The van der Waals surface area contributed by atoms with Gasteiger partial charge in [-0.05, 0) is 37.5 Å². The molecule has 1 saturated carbocycles. The van der Waals surface area contributed by atoms with Crippen molar-refractivity contribution in [1.29, 1.82) is 0 Å². The first-order valence-corrected chi connectivity index (χ1v) is 8.46. The number of nitrogens with one attached hydrogen (secondary N) is 1. The van der Waals surface area contributed by atoms with Crippen molar-refractivity contribution in [2.45, 2.75) is 59.2 Å². The van der Waals surface area contributed by atoms with Crippen LogP contribution in [0.4, 0.5) is 0 Å². The molecule has 0 heterocycles. The monoisotopic (exact) mass is 332 g/mol. The molecule has 0 saturated heterocycles. The fourth-order valence-electron chi connectivity index (χ4n) is 2.42. The van der Waals surface area contributed by atoms with E-state index in [1.807, 2.05) is 49.9 Å². The maximum Gasteiger partial charge on any atom is 0.245 e. The van der Waals surface area contributed by atoms with Crippen LogP contribution in [-0.2, 0) is 16.1 Å². The minimum absolute atomic E-state index is 0.0223. The van der Waals surface area contributed by atoms with Crippen molar-refractivity contribution in [3.63, 3.8) is 0 Å². The lowest BCUT2D eigenvalue weighted by molar-refractivity contribution is -0.139. The Balaban J connectivity index is 2.03. The van der Waals surface area contributed by atoms with Crippen LogP contribution in [0.15, 0.2) is 24.3 Å². The quantitative estimate of drug-likeness (QED) is 0.871. The number of nitrogens with zero attached hydrogens (tertiary/aromatic N) is 1. The van der Waals surface area contributed by atoms with E-state index in [0.717, 1.165) is 24.2 Å². The minimum atomic E-state index is -0.518. The second-order valence-electron chi connectivity index (χ2n) is 7.49. The van der Waals surface area contributed by atoms with Gasteiger partial charge in [0.2, 0.25) is 11.8 Å². The molecule has 24 heavy (non-hydrogen) atoms. The lowest BCUT2D eigenvalue weighted by Crippen LogP contribution is -2.50. The number of methoxy groups -OCH3 is 1. The predicted octanol–water partition coefficient (Wildman–Crippen LogP) is 2.74. The predicted molar refractivity (Wildman–Crippen MR) is 93.6 cm³/mol. The Kier molecular flexibility index (Phi) is 5.52. The van der Waals surface area contributed by atoms with Crippen LogP contribution < -0.4 is 10.1 Å². The highest BCUT2D eigenvalue weighted by Crippen LogP contribution is 2.29. The van der Waals surface area contributed by atoms with E-state index in [1.54, 1.807) is 14.0 Å². The molecular formula is C19H28N2O3. The molecule has 1 unspecified atom stereocenters. The molecule has 1 N–H and O–H groups in total. The van der Waals surface area contributed by atoms with E-state index in [4.69, 9.17) is 4.74 Å². The van der Waals surface area contributed by atoms with E-state index in [2.05, 4.69) is 5.32 Å². The molecule has 1 aromatic rings. The van der Waals surface area contributed by atoms with Crippen LogP contribution in [-0.4, -0.2) is 35.9 Å². The molecule has 0 aliphatic heterocycles. The second-order valence-corrected chi connectivity index (χ2v) is 7.49. The van der Waals surface area contributed by atoms with Crippen molar-refractivity contribution in [2.24, 2.45) is 5.41 Å². The number of benzene rings is 1.